The number of aryl methyl sites for hydroxylation is 2. The number of aromatic nitrogens is 1. The minimum absolute atomic E-state index is 0.257. The number of thiazole rings is 1. The Morgan fingerprint density at radius 2 is 2.37 bits per heavy atom. The Morgan fingerprint density at radius 1 is 1.58 bits per heavy atom. The molecule has 0 fully saturated rings. The lowest BCUT2D eigenvalue weighted by Gasteiger charge is -2.30. The summed E-state index contributed by atoms with van der Waals surface area (Å²) in [6.45, 7) is 2.99. The maximum atomic E-state index is 10.6. The Kier molecular flexibility index (Phi) is 4.93. The lowest BCUT2D eigenvalue weighted by molar-refractivity contribution is -0.137. The number of hydrogen-bond donors (Lipinski definition) is 1. The molecule has 0 radical (unpaired) electrons. The summed E-state index contributed by atoms with van der Waals surface area (Å²) in [5.74, 6) is -0.705. The Bertz CT molecular complexity index is 445. The van der Waals surface area contributed by atoms with Crippen LogP contribution in [0.25, 0.3) is 0 Å². The molecule has 2 rings (SSSR count). The third-order valence-electron chi connectivity index (χ3n) is 3.70. The molecule has 106 valence electrons. The molecular weight excluding hydrogens is 260 g/mol. The van der Waals surface area contributed by atoms with Gasteiger partial charge in [0.15, 0.2) is 0 Å². The highest BCUT2D eigenvalue weighted by molar-refractivity contribution is 7.11. The highest BCUT2D eigenvalue weighted by Crippen LogP contribution is 2.37. The molecule has 5 heteroatoms. The molecule has 1 aliphatic rings. The van der Waals surface area contributed by atoms with Crippen LogP contribution in [-0.4, -0.2) is 34.6 Å². The summed E-state index contributed by atoms with van der Waals surface area (Å²) < 4.78 is 0. The molecule has 19 heavy (non-hydrogen) atoms. The molecule has 1 aromatic heterocycles. The van der Waals surface area contributed by atoms with Gasteiger partial charge in [0.1, 0.15) is 0 Å². The quantitative estimate of drug-likeness (QED) is 0.871. The largest absolute Gasteiger partial charge is 0.481 e. The maximum absolute atomic E-state index is 10.6. The summed E-state index contributed by atoms with van der Waals surface area (Å²) in [6, 6.07) is 0.440. The van der Waals surface area contributed by atoms with E-state index < -0.39 is 5.97 Å². The van der Waals surface area contributed by atoms with Crippen molar-refractivity contribution in [2.24, 2.45) is 0 Å². The van der Waals surface area contributed by atoms with Gasteiger partial charge in [0.05, 0.1) is 10.7 Å². The normalized spacial score (nSPS) is 18.6. The van der Waals surface area contributed by atoms with Crippen LogP contribution in [0.1, 0.15) is 54.2 Å². The van der Waals surface area contributed by atoms with Gasteiger partial charge in [-0.2, -0.15) is 0 Å². The summed E-state index contributed by atoms with van der Waals surface area (Å²) in [5.41, 5.74) is 1.28. The van der Waals surface area contributed by atoms with E-state index in [2.05, 4.69) is 18.9 Å². The standard InChI is InChI=1S/C14H22N2O2S/c1-3-12-15-10-6-4-7-11(14(10)19-12)16(2)9-5-8-13(17)18/h11H,3-9H2,1-2H3,(H,17,18). The average molecular weight is 282 g/mol. The fourth-order valence-electron chi connectivity index (χ4n) is 2.65. The van der Waals surface area contributed by atoms with Gasteiger partial charge in [0, 0.05) is 17.3 Å². The lowest BCUT2D eigenvalue weighted by Crippen LogP contribution is -2.28. The molecule has 1 aliphatic carbocycles. The zero-order chi connectivity index (χ0) is 13.8. The summed E-state index contributed by atoms with van der Waals surface area (Å²) >= 11 is 1.84. The molecule has 0 spiro atoms. The third kappa shape index (κ3) is 3.54. The SMILES string of the molecule is CCc1nc2c(s1)C(N(C)CCCC(=O)O)CCC2. The predicted octanol–water partition coefficient (Wildman–Crippen LogP) is 2.88. The number of carboxylic acid groups (broad SMARTS) is 1. The van der Waals surface area contributed by atoms with Crippen LogP contribution in [0.2, 0.25) is 0 Å². The first-order valence-corrected chi connectivity index (χ1v) is 7.84. The van der Waals surface area contributed by atoms with E-state index in [0.717, 1.165) is 25.8 Å². The second-order valence-electron chi connectivity index (χ2n) is 5.16. The minimum atomic E-state index is -0.705. The molecule has 0 bridgehead atoms. The molecule has 0 amide bonds. The fourth-order valence-corrected chi connectivity index (χ4v) is 3.91. The molecule has 1 atom stereocenters. The highest BCUT2D eigenvalue weighted by atomic mass is 32.1. The highest BCUT2D eigenvalue weighted by Gasteiger charge is 2.27. The van der Waals surface area contributed by atoms with E-state index in [0.29, 0.717) is 6.04 Å². The molecule has 0 saturated carbocycles. The van der Waals surface area contributed by atoms with E-state index in [1.165, 1.54) is 28.4 Å². The van der Waals surface area contributed by atoms with Gasteiger partial charge in [0.25, 0.3) is 0 Å². The molecule has 1 N–H and O–H groups in total. The van der Waals surface area contributed by atoms with Gasteiger partial charge >= 0.3 is 5.97 Å². The molecular formula is C14H22N2O2S. The summed E-state index contributed by atoms with van der Waals surface area (Å²) in [7, 11) is 2.10. The van der Waals surface area contributed by atoms with E-state index in [4.69, 9.17) is 10.1 Å². The first-order chi connectivity index (χ1) is 9.11. The molecule has 1 unspecified atom stereocenters. The predicted molar refractivity (Wildman–Crippen MR) is 76.7 cm³/mol. The monoisotopic (exact) mass is 282 g/mol. The van der Waals surface area contributed by atoms with Gasteiger partial charge in [0.2, 0.25) is 0 Å². The van der Waals surface area contributed by atoms with Crippen LogP contribution in [0.3, 0.4) is 0 Å². The van der Waals surface area contributed by atoms with Gasteiger partial charge < -0.3 is 5.11 Å². The minimum Gasteiger partial charge on any atom is -0.481 e. The van der Waals surface area contributed by atoms with Crippen LogP contribution in [0, 0.1) is 0 Å². The average Bonchev–Trinajstić information content (AvgIpc) is 2.80. The van der Waals surface area contributed by atoms with Crippen molar-refractivity contribution in [3.05, 3.63) is 15.6 Å². The number of rotatable bonds is 6. The second-order valence-corrected chi connectivity index (χ2v) is 6.27. The van der Waals surface area contributed by atoms with Crippen LogP contribution in [0.15, 0.2) is 0 Å². The van der Waals surface area contributed by atoms with Crippen LogP contribution in [-0.2, 0) is 17.6 Å². The number of hydrogen-bond acceptors (Lipinski definition) is 4. The molecule has 1 aromatic rings. The van der Waals surface area contributed by atoms with Gasteiger partial charge in [-0.25, -0.2) is 4.98 Å². The van der Waals surface area contributed by atoms with Crippen LogP contribution in [0.4, 0.5) is 0 Å². The van der Waals surface area contributed by atoms with Crippen LogP contribution < -0.4 is 0 Å². The van der Waals surface area contributed by atoms with Gasteiger partial charge in [-0.15, -0.1) is 11.3 Å². The number of carboxylic acids is 1. The summed E-state index contributed by atoms with van der Waals surface area (Å²) in [4.78, 5) is 19.0. The van der Waals surface area contributed by atoms with E-state index >= 15 is 0 Å². The van der Waals surface area contributed by atoms with Gasteiger partial charge in [-0.05, 0) is 45.7 Å². The van der Waals surface area contributed by atoms with Crippen molar-refractivity contribution in [3.63, 3.8) is 0 Å². The third-order valence-corrected chi connectivity index (χ3v) is 5.04. The molecule has 0 saturated heterocycles. The Morgan fingerprint density at radius 3 is 3.05 bits per heavy atom. The first-order valence-electron chi connectivity index (χ1n) is 7.02. The van der Waals surface area contributed by atoms with Crippen molar-refractivity contribution < 1.29 is 9.90 Å². The van der Waals surface area contributed by atoms with E-state index in [-0.39, 0.29) is 6.42 Å². The second kappa shape index (κ2) is 6.48. The molecule has 1 heterocycles. The number of fused-ring (bicyclic) bond motifs is 1. The molecule has 4 nitrogen and oxygen atoms in total. The summed E-state index contributed by atoms with van der Waals surface area (Å²) in [6.07, 6.45) is 5.44. The van der Waals surface area contributed by atoms with E-state index in [1.54, 1.807) is 0 Å². The smallest absolute Gasteiger partial charge is 0.303 e. The van der Waals surface area contributed by atoms with Crippen LogP contribution >= 0.6 is 11.3 Å². The van der Waals surface area contributed by atoms with Gasteiger partial charge in [-0.3, -0.25) is 9.69 Å². The molecule has 0 aromatic carbocycles. The Hall–Kier alpha value is -0.940. The van der Waals surface area contributed by atoms with E-state index in [1.807, 2.05) is 11.3 Å². The van der Waals surface area contributed by atoms with Crippen molar-refractivity contribution in [3.8, 4) is 0 Å². The molecule has 0 aliphatic heterocycles. The Balaban J connectivity index is 2.01. The lowest BCUT2D eigenvalue weighted by atomic mass is 9.97. The topological polar surface area (TPSA) is 53.4 Å². The fraction of sp³-hybridized carbons (Fsp3) is 0.714. The van der Waals surface area contributed by atoms with Gasteiger partial charge in [-0.1, -0.05) is 6.92 Å². The van der Waals surface area contributed by atoms with Crippen LogP contribution in [0.5, 0.6) is 0 Å². The number of nitrogens with zero attached hydrogens (tertiary/aromatic N) is 2. The number of carbonyl (C=O) groups is 1. The first kappa shape index (κ1) is 14.5. The van der Waals surface area contributed by atoms with Crippen molar-refractivity contribution >= 4 is 17.3 Å². The van der Waals surface area contributed by atoms with Crippen molar-refractivity contribution in [2.75, 3.05) is 13.6 Å². The van der Waals surface area contributed by atoms with Crippen molar-refractivity contribution in [2.45, 2.75) is 51.5 Å². The zero-order valence-corrected chi connectivity index (χ0v) is 12.5. The van der Waals surface area contributed by atoms with E-state index in [9.17, 15) is 4.79 Å². The Labute approximate surface area is 118 Å². The maximum Gasteiger partial charge on any atom is 0.303 e. The van der Waals surface area contributed by atoms with Crippen molar-refractivity contribution in [1.29, 1.82) is 0 Å². The summed E-state index contributed by atoms with van der Waals surface area (Å²) in [5, 5.41) is 9.94. The number of aliphatic carboxylic acids is 1. The van der Waals surface area contributed by atoms with Crippen molar-refractivity contribution in [1.82, 2.24) is 9.88 Å². The zero-order valence-electron chi connectivity index (χ0n) is 11.7.